The van der Waals surface area contributed by atoms with Crippen LogP contribution in [0.25, 0.3) is 0 Å². The quantitative estimate of drug-likeness (QED) is 0.511. The number of rotatable bonds is 9. The van der Waals surface area contributed by atoms with Crippen LogP contribution in [0.3, 0.4) is 0 Å². The molecular weight excluding hydrogens is 236 g/mol. The van der Waals surface area contributed by atoms with Gasteiger partial charge in [0, 0.05) is 25.2 Å². The summed E-state index contributed by atoms with van der Waals surface area (Å²) in [7, 11) is 0. The van der Waals surface area contributed by atoms with E-state index in [1.54, 1.807) is 0 Å². The Hall–Kier alpha value is 0.230. The molecule has 1 aliphatic heterocycles. The fourth-order valence-corrected chi connectivity index (χ4v) is 2.32. The van der Waals surface area contributed by atoms with Crippen molar-refractivity contribution in [2.45, 2.75) is 32.6 Å². The highest BCUT2D eigenvalue weighted by molar-refractivity contribution is 7.80. The van der Waals surface area contributed by atoms with Gasteiger partial charge in [-0.2, -0.15) is 12.6 Å². The molecule has 0 atom stereocenters. The molecular formula is C13H26O3S. The molecule has 4 heteroatoms. The van der Waals surface area contributed by atoms with Gasteiger partial charge in [0.25, 0.3) is 0 Å². The predicted octanol–water partition coefficient (Wildman–Crippen LogP) is 2.55. The van der Waals surface area contributed by atoms with Crippen LogP contribution in [-0.2, 0) is 14.2 Å². The molecule has 1 heterocycles. The Labute approximate surface area is 111 Å². The van der Waals surface area contributed by atoms with E-state index in [2.05, 4.69) is 19.6 Å². The van der Waals surface area contributed by atoms with Crippen molar-refractivity contribution in [3.8, 4) is 0 Å². The van der Waals surface area contributed by atoms with E-state index >= 15 is 0 Å². The minimum atomic E-state index is 0.227. The molecule has 0 bridgehead atoms. The van der Waals surface area contributed by atoms with Crippen LogP contribution in [0.1, 0.15) is 32.6 Å². The molecule has 3 nitrogen and oxygen atoms in total. The lowest BCUT2D eigenvalue weighted by molar-refractivity contribution is -0.0394. The normalized spacial score (nSPS) is 19.4. The Morgan fingerprint density at radius 2 is 1.82 bits per heavy atom. The summed E-state index contributed by atoms with van der Waals surface area (Å²) in [5.74, 6) is 0.882. The van der Waals surface area contributed by atoms with Crippen molar-refractivity contribution in [3.63, 3.8) is 0 Å². The molecule has 0 spiro atoms. The van der Waals surface area contributed by atoms with Crippen LogP contribution in [0.2, 0.25) is 0 Å². The summed E-state index contributed by atoms with van der Waals surface area (Å²) >= 11 is 4.45. The molecule has 0 amide bonds. The fraction of sp³-hybridized carbons (Fsp3) is 1.00. The summed E-state index contributed by atoms with van der Waals surface area (Å²) in [6.45, 7) is 6.90. The van der Waals surface area contributed by atoms with Gasteiger partial charge in [0.05, 0.1) is 19.8 Å². The van der Waals surface area contributed by atoms with Crippen LogP contribution in [0, 0.1) is 5.41 Å². The van der Waals surface area contributed by atoms with Crippen LogP contribution in [0.5, 0.6) is 0 Å². The summed E-state index contributed by atoms with van der Waals surface area (Å²) in [6, 6.07) is 0. The van der Waals surface area contributed by atoms with E-state index < -0.39 is 0 Å². The van der Waals surface area contributed by atoms with E-state index in [4.69, 9.17) is 14.2 Å². The topological polar surface area (TPSA) is 27.7 Å². The Bertz CT molecular complexity index is 182. The van der Waals surface area contributed by atoms with E-state index in [0.29, 0.717) is 13.2 Å². The molecule has 0 unspecified atom stereocenters. The van der Waals surface area contributed by atoms with Crippen molar-refractivity contribution >= 4 is 12.6 Å². The molecule has 102 valence electrons. The van der Waals surface area contributed by atoms with Gasteiger partial charge in [-0.15, -0.1) is 0 Å². The second-order valence-corrected chi connectivity index (χ2v) is 5.11. The first-order valence-electron chi connectivity index (χ1n) is 6.67. The Balaban J connectivity index is 2.03. The minimum absolute atomic E-state index is 0.227. The van der Waals surface area contributed by atoms with Crippen molar-refractivity contribution in [2.75, 3.05) is 45.4 Å². The van der Waals surface area contributed by atoms with E-state index in [0.717, 1.165) is 51.4 Å². The highest BCUT2D eigenvalue weighted by Gasteiger charge is 2.31. The predicted molar refractivity (Wildman–Crippen MR) is 72.9 cm³/mol. The van der Waals surface area contributed by atoms with E-state index in [1.165, 1.54) is 6.42 Å². The van der Waals surface area contributed by atoms with Crippen LogP contribution >= 0.6 is 12.6 Å². The number of hydrogen-bond acceptors (Lipinski definition) is 4. The Kier molecular flexibility index (Phi) is 8.27. The lowest BCUT2D eigenvalue weighted by atomic mass is 9.83. The van der Waals surface area contributed by atoms with Crippen LogP contribution in [0.15, 0.2) is 0 Å². The standard InChI is InChI=1S/C13H26O3S/c1-2-3-6-14-9-10-16-11-13(12-17)4-7-15-8-5-13/h17H,2-12H2,1H3. The molecule has 1 saturated heterocycles. The summed E-state index contributed by atoms with van der Waals surface area (Å²) < 4.78 is 16.6. The minimum Gasteiger partial charge on any atom is -0.381 e. The van der Waals surface area contributed by atoms with Gasteiger partial charge in [0.1, 0.15) is 0 Å². The molecule has 1 fully saturated rings. The zero-order chi connectivity index (χ0) is 12.4. The van der Waals surface area contributed by atoms with E-state index in [1.807, 2.05) is 0 Å². The van der Waals surface area contributed by atoms with Crippen molar-refractivity contribution in [2.24, 2.45) is 5.41 Å². The molecule has 0 N–H and O–H groups in total. The van der Waals surface area contributed by atoms with E-state index in [9.17, 15) is 0 Å². The van der Waals surface area contributed by atoms with Gasteiger partial charge >= 0.3 is 0 Å². The van der Waals surface area contributed by atoms with Gasteiger partial charge in [0.2, 0.25) is 0 Å². The third-order valence-corrected chi connectivity index (χ3v) is 3.98. The average molecular weight is 262 g/mol. The largest absolute Gasteiger partial charge is 0.381 e. The molecule has 1 aliphatic rings. The van der Waals surface area contributed by atoms with Gasteiger partial charge in [-0.05, 0) is 25.0 Å². The molecule has 17 heavy (non-hydrogen) atoms. The van der Waals surface area contributed by atoms with Gasteiger partial charge in [-0.3, -0.25) is 0 Å². The fourth-order valence-electron chi connectivity index (χ4n) is 1.91. The second kappa shape index (κ2) is 9.20. The first-order valence-corrected chi connectivity index (χ1v) is 7.30. The van der Waals surface area contributed by atoms with Gasteiger partial charge < -0.3 is 14.2 Å². The van der Waals surface area contributed by atoms with Crippen LogP contribution in [0.4, 0.5) is 0 Å². The zero-order valence-electron chi connectivity index (χ0n) is 11.0. The third-order valence-electron chi connectivity index (χ3n) is 3.31. The third kappa shape index (κ3) is 6.09. The monoisotopic (exact) mass is 262 g/mol. The number of unbranched alkanes of at least 4 members (excludes halogenated alkanes) is 1. The molecule has 1 rings (SSSR count). The maximum atomic E-state index is 5.72. The maximum absolute atomic E-state index is 5.72. The highest BCUT2D eigenvalue weighted by Crippen LogP contribution is 2.31. The van der Waals surface area contributed by atoms with Crippen LogP contribution in [-0.4, -0.2) is 45.4 Å². The molecule has 0 aromatic rings. The molecule has 0 aliphatic carbocycles. The maximum Gasteiger partial charge on any atom is 0.0700 e. The van der Waals surface area contributed by atoms with Crippen molar-refractivity contribution in [1.82, 2.24) is 0 Å². The van der Waals surface area contributed by atoms with Crippen molar-refractivity contribution < 1.29 is 14.2 Å². The number of ether oxygens (including phenoxy) is 3. The summed E-state index contributed by atoms with van der Waals surface area (Å²) in [5.41, 5.74) is 0.227. The SMILES string of the molecule is CCCCOCCOCC1(CS)CCOCC1. The molecule has 0 aromatic heterocycles. The van der Waals surface area contributed by atoms with Gasteiger partial charge in [-0.1, -0.05) is 13.3 Å². The molecule has 0 radical (unpaired) electrons. The highest BCUT2D eigenvalue weighted by atomic mass is 32.1. The first kappa shape index (κ1) is 15.3. The second-order valence-electron chi connectivity index (χ2n) is 4.79. The van der Waals surface area contributed by atoms with Crippen LogP contribution < -0.4 is 0 Å². The number of thiol groups is 1. The van der Waals surface area contributed by atoms with E-state index in [-0.39, 0.29) is 5.41 Å². The lowest BCUT2D eigenvalue weighted by Crippen LogP contribution is -2.36. The van der Waals surface area contributed by atoms with Gasteiger partial charge in [0.15, 0.2) is 0 Å². The summed E-state index contributed by atoms with van der Waals surface area (Å²) in [6.07, 6.45) is 4.45. The Morgan fingerprint density at radius 1 is 1.12 bits per heavy atom. The Morgan fingerprint density at radius 3 is 2.47 bits per heavy atom. The average Bonchev–Trinajstić information content (AvgIpc) is 2.39. The molecule has 0 aromatic carbocycles. The first-order chi connectivity index (χ1) is 8.33. The van der Waals surface area contributed by atoms with Gasteiger partial charge in [-0.25, -0.2) is 0 Å². The summed E-state index contributed by atoms with van der Waals surface area (Å²) in [5, 5.41) is 0. The smallest absolute Gasteiger partial charge is 0.0700 e. The van der Waals surface area contributed by atoms with Crippen molar-refractivity contribution in [3.05, 3.63) is 0 Å². The number of hydrogen-bond donors (Lipinski definition) is 1. The lowest BCUT2D eigenvalue weighted by Gasteiger charge is -2.35. The molecule has 0 saturated carbocycles. The zero-order valence-corrected chi connectivity index (χ0v) is 11.8. The summed E-state index contributed by atoms with van der Waals surface area (Å²) in [4.78, 5) is 0. The van der Waals surface area contributed by atoms with Crippen molar-refractivity contribution in [1.29, 1.82) is 0 Å².